The van der Waals surface area contributed by atoms with Crippen LogP contribution >= 0.6 is 0 Å². The molecule has 1 aromatic heterocycles. The van der Waals surface area contributed by atoms with Crippen LogP contribution in [0.15, 0.2) is 30.5 Å². The second kappa shape index (κ2) is 6.57. The number of fused-ring (bicyclic) bond motifs is 4. The Morgan fingerprint density at radius 2 is 2.08 bits per heavy atom. The number of aromatic nitrogens is 1. The van der Waals surface area contributed by atoms with E-state index in [9.17, 15) is 9.90 Å². The monoisotopic (exact) mass is 327 g/mol. The van der Waals surface area contributed by atoms with Crippen molar-refractivity contribution >= 4 is 16.9 Å². The van der Waals surface area contributed by atoms with Gasteiger partial charge in [0, 0.05) is 30.7 Å². The van der Waals surface area contributed by atoms with Crippen LogP contribution in [0.5, 0.6) is 0 Å². The van der Waals surface area contributed by atoms with E-state index in [1.807, 2.05) is 24.4 Å². The van der Waals surface area contributed by atoms with Gasteiger partial charge in [-0.3, -0.25) is 0 Å². The van der Waals surface area contributed by atoms with Crippen LogP contribution in [0.25, 0.3) is 10.9 Å². The number of nitrogens with one attached hydrogen (secondary N) is 1. The number of carboxylic acid groups (broad SMARTS) is 1. The highest BCUT2D eigenvalue weighted by Gasteiger charge is 2.33. The molecule has 3 aliphatic heterocycles. The summed E-state index contributed by atoms with van der Waals surface area (Å²) in [6.45, 7) is 5.58. The van der Waals surface area contributed by atoms with E-state index in [4.69, 9.17) is 0 Å². The van der Waals surface area contributed by atoms with Crippen LogP contribution in [0, 0.1) is 5.92 Å². The molecule has 5 nitrogen and oxygen atoms in total. The molecule has 5 heteroatoms. The molecule has 2 N–H and O–H groups in total. The largest absolute Gasteiger partial charge is 0.478 e. The molecule has 4 heterocycles. The first-order valence-corrected chi connectivity index (χ1v) is 8.99. The van der Waals surface area contributed by atoms with E-state index in [2.05, 4.69) is 14.8 Å². The van der Waals surface area contributed by atoms with E-state index in [0.717, 1.165) is 36.3 Å². The summed E-state index contributed by atoms with van der Waals surface area (Å²) in [5, 5.41) is 14.1. The van der Waals surface area contributed by atoms with Crippen molar-refractivity contribution in [2.75, 3.05) is 26.2 Å². The van der Waals surface area contributed by atoms with Crippen LogP contribution in [0.1, 0.15) is 29.6 Å². The number of aryl methyl sites for hydroxylation is 1. The zero-order chi connectivity index (χ0) is 16.5. The van der Waals surface area contributed by atoms with Gasteiger partial charge >= 0.3 is 5.97 Å². The maximum Gasteiger partial charge on any atom is 0.337 e. The molecule has 3 saturated heterocycles. The number of aromatic carboxylic acids is 1. The number of rotatable bonds is 6. The molecule has 1 atom stereocenters. The summed E-state index contributed by atoms with van der Waals surface area (Å²) in [5.41, 5.74) is 1.23. The van der Waals surface area contributed by atoms with Crippen LogP contribution in [-0.4, -0.2) is 52.8 Å². The van der Waals surface area contributed by atoms with Gasteiger partial charge in [-0.1, -0.05) is 12.1 Å². The summed E-state index contributed by atoms with van der Waals surface area (Å²) in [7, 11) is 0. The first-order valence-electron chi connectivity index (χ1n) is 8.99. The molecule has 0 saturated carbocycles. The van der Waals surface area contributed by atoms with Crippen molar-refractivity contribution in [3.8, 4) is 0 Å². The Morgan fingerprint density at radius 1 is 1.25 bits per heavy atom. The number of nitrogens with zero attached hydrogens (tertiary/aromatic N) is 2. The third kappa shape index (κ3) is 2.94. The molecule has 0 spiro atoms. The lowest BCUT2D eigenvalue weighted by Crippen LogP contribution is -2.56. The number of para-hydroxylation sites is 1. The molecule has 5 rings (SSSR count). The van der Waals surface area contributed by atoms with Gasteiger partial charge in [0.25, 0.3) is 0 Å². The van der Waals surface area contributed by atoms with Crippen molar-refractivity contribution in [1.29, 1.82) is 0 Å². The topological polar surface area (TPSA) is 57.5 Å². The van der Waals surface area contributed by atoms with E-state index in [-0.39, 0.29) is 0 Å². The Morgan fingerprint density at radius 3 is 2.79 bits per heavy atom. The van der Waals surface area contributed by atoms with Gasteiger partial charge in [-0.05, 0) is 56.9 Å². The van der Waals surface area contributed by atoms with E-state index in [1.54, 1.807) is 6.07 Å². The SMILES string of the molecule is O=C(O)c1cccc2ccn(CCCN[C@H]3CN4CCC3CC4)c12. The number of carbonyl (C=O) groups is 1. The van der Waals surface area contributed by atoms with Crippen LogP contribution < -0.4 is 5.32 Å². The second-order valence-electron chi connectivity index (χ2n) is 7.11. The molecular weight excluding hydrogens is 302 g/mol. The van der Waals surface area contributed by atoms with Crippen LogP contribution in [0.2, 0.25) is 0 Å². The van der Waals surface area contributed by atoms with Crippen molar-refractivity contribution < 1.29 is 9.90 Å². The molecule has 0 amide bonds. The fraction of sp³-hybridized carbons (Fsp3) is 0.526. The van der Waals surface area contributed by atoms with Crippen molar-refractivity contribution in [2.24, 2.45) is 5.92 Å². The highest BCUT2D eigenvalue weighted by atomic mass is 16.4. The maximum absolute atomic E-state index is 11.4. The summed E-state index contributed by atoms with van der Waals surface area (Å²) in [5.74, 6) is -0.00743. The number of hydrogen-bond acceptors (Lipinski definition) is 3. The van der Waals surface area contributed by atoms with E-state index >= 15 is 0 Å². The Balaban J connectivity index is 1.36. The van der Waals surface area contributed by atoms with Gasteiger partial charge in [-0.25, -0.2) is 4.79 Å². The lowest BCUT2D eigenvalue weighted by molar-refractivity contribution is 0.0698. The highest BCUT2D eigenvalue weighted by molar-refractivity contribution is 6.02. The van der Waals surface area contributed by atoms with Crippen LogP contribution in [-0.2, 0) is 6.54 Å². The summed E-state index contributed by atoms with van der Waals surface area (Å²) < 4.78 is 2.08. The van der Waals surface area contributed by atoms with Gasteiger partial charge in [0.2, 0.25) is 0 Å². The number of piperidine rings is 3. The van der Waals surface area contributed by atoms with Gasteiger partial charge < -0.3 is 19.9 Å². The van der Waals surface area contributed by atoms with Crippen molar-refractivity contribution in [1.82, 2.24) is 14.8 Å². The minimum absolute atomic E-state index is 0.392. The first kappa shape index (κ1) is 15.7. The van der Waals surface area contributed by atoms with E-state index in [1.165, 1.54) is 32.5 Å². The van der Waals surface area contributed by atoms with Crippen LogP contribution in [0.4, 0.5) is 0 Å². The maximum atomic E-state index is 11.4. The molecular formula is C19H25N3O2. The average molecular weight is 327 g/mol. The first-order chi connectivity index (χ1) is 11.7. The van der Waals surface area contributed by atoms with E-state index in [0.29, 0.717) is 11.6 Å². The van der Waals surface area contributed by atoms with Gasteiger partial charge in [0.1, 0.15) is 0 Å². The molecule has 2 bridgehead atoms. The van der Waals surface area contributed by atoms with Crippen LogP contribution in [0.3, 0.4) is 0 Å². The Kier molecular flexibility index (Phi) is 4.29. The molecule has 3 aliphatic rings. The molecule has 2 aromatic rings. The molecule has 1 aromatic carbocycles. The number of carboxylic acids is 1. The Hall–Kier alpha value is -1.85. The average Bonchev–Trinajstić information content (AvgIpc) is 3.03. The highest BCUT2D eigenvalue weighted by Crippen LogP contribution is 2.27. The van der Waals surface area contributed by atoms with Crippen molar-refractivity contribution in [3.05, 3.63) is 36.0 Å². The normalized spacial score (nSPS) is 26.1. The van der Waals surface area contributed by atoms with E-state index < -0.39 is 5.97 Å². The summed E-state index contributed by atoms with van der Waals surface area (Å²) >= 11 is 0. The molecule has 0 unspecified atom stereocenters. The molecule has 3 fully saturated rings. The summed E-state index contributed by atoms with van der Waals surface area (Å²) in [6, 6.07) is 8.12. The fourth-order valence-corrected chi connectivity index (χ4v) is 4.35. The lowest BCUT2D eigenvalue weighted by atomic mass is 9.84. The minimum atomic E-state index is -0.856. The summed E-state index contributed by atoms with van der Waals surface area (Å²) in [6.07, 6.45) is 5.69. The predicted molar refractivity (Wildman–Crippen MR) is 94.5 cm³/mol. The lowest BCUT2D eigenvalue weighted by Gasteiger charge is -2.45. The minimum Gasteiger partial charge on any atom is -0.478 e. The van der Waals surface area contributed by atoms with Gasteiger partial charge in [0.15, 0.2) is 0 Å². The number of benzene rings is 1. The van der Waals surface area contributed by atoms with Crippen molar-refractivity contribution in [2.45, 2.75) is 31.8 Å². The van der Waals surface area contributed by atoms with Gasteiger partial charge in [0.05, 0.1) is 11.1 Å². The smallest absolute Gasteiger partial charge is 0.337 e. The van der Waals surface area contributed by atoms with Crippen molar-refractivity contribution in [3.63, 3.8) is 0 Å². The second-order valence-corrected chi connectivity index (χ2v) is 7.11. The molecule has 0 radical (unpaired) electrons. The van der Waals surface area contributed by atoms with Gasteiger partial charge in [-0.15, -0.1) is 0 Å². The van der Waals surface area contributed by atoms with Gasteiger partial charge in [-0.2, -0.15) is 0 Å². The molecule has 24 heavy (non-hydrogen) atoms. The fourth-order valence-electron chi connectivity index (χ4n) is 4.35. The molecule has 0 aliphatic carbocycles. The quantitative estimate of drug-likeness (QED) is 0.800. The molecule has 128 valence electrons. The predicted octanol–water partition coefficient (Wildman–Crippen LogP) is 2.41. The zero-order valence-corrected chi connectivity index (χ0v) is 13.9. The number of hydrogen-bond donors (Lipinski definition) is 2. The third-order valence-corrected chi connectivity index (χ3v) is 5.66. The summed E-state index contributed by atoms with van der Waals surface area (Å²) in [4.78, 5) is 14.0. The third-order valence-electron chi connectivity index (χ3n) is 5.66. The zero-order valence-electron chi connectivity index (χ0n) is 13.9. The Bertz CT molecular complexity index is 731. The standard InChI is InChI=1S/C19H25N3O2/c23-19(24)16-4-1-3-15-7-12-22(18(15)16)9-2-8-20-17-13-21-10-5-14(17)6-11-21/h1,3-4,7,12,14,17,20H,2,5-6,8-11,13H2,(H,23,24)/t17-/m0/s1. The Labute approximate surface area is 142 Å².